The number of nitrogens with zero attached hydrogens (tertiary/aromatic N) is 5. The number of piperazine rings is 1. The van der Waals surface area contributed by atoms with Gasteiger partial charge in [-0.25, -0.2) is 4.98 Å². The molecule has 0 aliphatic carbocycles. The van der Waals surface area contributed by atoms with Crippen LogP contribution in [0, 0.1) is 6.92 Å². The number of carbonyl (C=O) groups is 1. The summed E-state index contributed by atoms with van der Waals surface area (Å²) in [4.78, 5) is 38.5. The van der Waals surface area contributed by atoms with Crippen molar-refractivity contribution in [2.45, 2.75) is 13.5 Å². The van der Waals surface area contributed by atoms with Gasteiger partial charge < -0.3 is 14.2 Å². The number of hydrogen-bond acceptors (Lipinski definition) is 8. The molecule has 2 saturated heterocycles. The molecule has 10 heteroatoms. The predicted octanol–water partition coefficient (Wildman–Crippen LogP) is 4.32. The Hall–Kier alpha value is -3.89. The average molecular weight is 544 g/mol. The number of aryl methyl sites for hydroxylation is 1. The molecule has 0 spiro atoms. The van der Waals surface area contributed by atoms with Crippen molar-refractivity contribution >= 4 is 57.4 Å². The van der Waals surface area contributed by atoms with Gasteiger partial charge >= 0.3 is 0 Å². The second-order valence-corrected chi connectivity index (χ2v) is 10.9. The Labute approximate surface area is 229 Å². The lowest BCUT2D eigenvalue weighted by atomic mass is 10.2. The summed E-state index contributed by atoms with van der Waals surface area (Å²) >= 11 is 6.69. The topological polar surface area (TPSA) is 74.3 Å². The molecule has 2 fully saturated rings. The molecule has 0 bridgehead atoms. The minimum absolute atomic E-state index is 0.213. The van der Waals surface area contributed by atoms with E-state index in [0.29, 0.717) is 45.1 Å². The Morgan fingerprint density at radius 2 is 1.76 bits per heavy atom. The van der Waals surface area contributed by atoms with Gasteiger partial charge in [0.05, 0.1) is 23.3 Å². The van der Waals surface area contributed by atoms with Crippen molar-refractivity contribution in [1.82, 2.24) is 14.3 Å². The first kappa shape index (κ1) is 24.4. The number of furan rings is 1. The molecule has 0 saturated carbocycles. The quantitative estimate of drug-likeness (QED) is 0.272. The number of fused-ring (bicyclic) bond motifs is 1. The van der Waals surface area contributed by atoms with Gasteiger partial charge in [-0.15, -0.1) is 0 Å². The van der Waals surface area contributed by atoms with Gasteiger partial charge in [-0.3, -0.25) is 18.9 Å². The summed E-state index contributed by atoms with van der Waals surface area (Å²) < 4.78 is 7.39. The van der Waals surface area contributed by atoms with E-state index in [1.54, 1.807) is 35.1 Å². The maximum Gasteiger partial charge on any atom is 0.267 e. The summed E-state index contributed by atoms with van der Waals surface area (Å²) in [6.45, 7) is 5.18. The second kappa shape index (κ2) is 10.1. The van der Waals surface area contributed by atoms with E-state index in [2.05, 4.69) is 21.9 Å². The van der Waals surface area contributed by atoms with Crippen LogP contribution in [0.25, 0.3) is 11.7 Å². The van der Waals surface area contributed by atoms with E-state index >= 15 is 0 Å². The molecule has 0 unspecified atom stereocenters. The Morgan fingerprint density at radius 3 is 2.50 bits per heavy atom. The summed E-state index contributed by atoms with van der Waals surface area (Å²) in [6.07, 6.45) is 4.94. The van der Waals surface area contributed by atoms with Crippen LogP contribution in [0.4, 0.5) is 11.5 Å². The van der Waals surface area contributed by atoms with Crippen molar-refractivity contribution < 1.29 is 9.21 Å². The highest BCUT2D eigenvalue weighted by Crippen LogP contribution is 2.35. The predicted molar refractivity (Wildman–Crippen MR) is 154 cm³/mol. The largest absolute Gasteiger partial charge is 0.467 e. The van der Waals surface area contributed by atoms with E-state index < -0.39 is 0 Å². The van der Waals surface area contributed by atoms with Crippen LogP contribution in [0.1, 0.15) is 16.9 Å². The molecule has 0 N–H and O–H groups in total. The fourth-order valence-electron chi connectivity index (χ4n) is 4.81. The van der Waals surface area contributed by atoms with Gasteiger partial charge in [-0.2, -0.15) is 0 Å². The third-order valence-corrected chi connectivity index (χ3v) is 8.19. The number of aromatic nitrogens is 2. The van der Waals surface area contributed by atoms with Crippen molar-refractivity contribution in [2.75, 3.05) is 36.0 Å². The van der Waals surface area contributed by atoms with Gasteiger partial charge in [0.1, 0.15) is 21.5 Å². The number of hydrogen-bond donors (Lipinski definition) is 0. The average Bonchev–Trinajstić information content (AvgIpc) is 3.55. The first-order valence-electron chi connectivity index (χ1n) is 12.3. The van der Waals surface area contributed by atoms with Gasteiger partial charge in [-0.05, 0) is 48.9 Å². The number of rotatable bonds is 5. The fraction of sp³-hybridized carbons (Fsp3) is 0.214. The molecule has 2 aliphatic heterocycles. The molecule has 6 rings (SSSR count). The molecule has 192 valence electrons. The normalized spacial score (nSPS) is 17.3. The maximum absolute atomic E-state index is 13.8. The van der Waals surface area contributed by atoms with Crippen LogP contribution in [0.2, 0.25) is 0 Å². The molecular weight excluding hydrogens is 518 g/mol. The lowest BCUT2D eigenvalue weighted by Gasteiger charge is -2.37. The first-order chi connectivity index (χ1) is 18.5. The SMILES string of the molecule is Cc1cccn2c(=O)c(C=C3SC(=S)N(Cc4ccco4)C3=O)c(N3CCN(c4ccccc4)CC3)nc12. The number of anilines is 2. The third-order valence-electron chi connectivity index (χ3n) is 6.81. The van der Waals surface area contributed by atoms with E-state index in [0.717, 1.165) is 18.7 Å². The Morgan fingerprint density at radius 1 is 1.00 bits per heavy atom. The van der Waals surface area contributed by atoms with Gasteiger partial charge in [-0.1, -0.05) is 48.2 Å². The minimum Gasteiger partial charge on any atom is -0.467 e. The summed E-state index contributed by atoms with van der Waals surface area (Å²) in [5.74, 6) is 0.987. The molecule has 38 heavy (non-hydrogen) atoms. The van der Waals surface area contributed by atoms with Crippen LogP contribution in [0.5, 0.6) is 0 Å². The van der Waals surface area contributed by atoms with Crippen molar-refractivity contribution in [3.8, 4) is 0 Å². The highest BCUT2D eigenvalue weighted by atomic mass is 32.2. The van der Waals surface area contributed by atoms with Crippen LogP contribution in [0.3, 0.4) is 0 Å². The zero-order chi connectivity index (χ0) is 26.2. The fourth-order valence-corrected chi connectivity index (χ4v) is 6.05. The number of carbonyl (C=O) groups excluding carboxylic acids is 1. The monoisotopic (exact) mass is 543 g/mol. The summed E-state index contributed by atoms with van der Waals surface area (Å²) in [7, 11) is 0. The Kier molecular flexibility index (Phi) is 6.50. The van der Waals surface area contributed by atoms with E-state index in [4.69, 9.17) is 21.6 Å². The summed E-state index contributed by atoms with van der Waals surface area (Å²) in [5, 5.41) is 0. The number of pyridine rings is 1. The number of thiocarbonyl (C=S) groups is 1. The minimum atomic E-state index is -0.245. The van der Waals surface area contributed by atoms with Crippen LogP contribution in [0.15, 0.2) is 81.2 Å². The highest BCUT2D eigenvalue weighted by molar-refractivity contribution is 8.26. The lowest BCUT2D eigenvalue weighted by Crippen LogP contribution is -2.47. The molecule has 0 atom stereocenters. The molecule has 1 aromatic carbocycles. The van der Waals surface area contributed by atoms with E-state index in [1.165, 1.54) is 22.3 Å². The van der Waals surface area contributed by atoms with Gasteiger partial charge in [0.25, 0.3) is 11.5 Å². The zero-order valence-corrected chi connectivity index (χ0v) is 22.4. The first-order valence-corrected chi connectivity index (χ1v) is 13.6. The van der Waals surface area contributed by atoms with E-state index in [1.807, 2.05) is 37.3 Å². The Bertz CT molecular complexity index is 1610. The number of benzene rings is 1. The molecule has 2 aliphatic rings. The maximum atomic E-state index is 13.8. The van der Waals surface area contributed by atoms with Crippen molar-refractivity contribution in [1.29, 1.82) is 0 Å². The Balaban J connectivity index is 1.37. The molecule has 5 heterocycles. The van der Waals surface area contributed by atoms with Crippen LogP contribution in [-0.2, 0) is 11.3 Å². The van der Waals surface area contributed by atoms with Crippen molar-refractivity contribution in [2.24, 2.45) is 0 Å². The molecule has 1 amide bonds. The van der Waals surface area contributed by atoms with Crippen LogP contribution >= 0.6 is 24.0 Å². The van der Waals surface area contributed by atoms with Crippen LogP contribution < -0.4 is 15.4 Å². The highest BCUT2D eigenvalue weighted by Gasteiger charge is 2.34. The standard InChI is InChI=1S/C28H25N5O3S2/c1-19-7-5-11-32-24(19)29-25(31-14-12-30(13-15-31)20-8-3-2-4-9-20)22(26(32)34)17-23-27(35)33(28(37)38-23)18-21-10-6-16-36-21/h2-11,16-17H,12-15,18H2,1H3. The van der Waals surface area contributed by atoms with E-state index in [-0.39, 0.29) is 18.0 Å². The second-order valence-electron chi connectivity index (χ2n) is 9.20. The van der Waals surface area contributed by atoms with Crippen LogP contribution in [-0.4, -0.2) is 50.7 Å². The van der Waals surface area contributed by atoms with Crippen molar-refractivity contribution in [3.63, 3.8) is 0 Å². The van der Waals surface area contributed by atoms with Gasteiger partial charge in [0.2, 0.25) is 0 Å². The molecular formula is C28H25N5O3S2. The number of amides is 1. The third kappa shape index (κ3) is 4.50. The molecule has 8 nitrogen and oxygen atoms in total. The van der Waals surface area contributed by atoms with Gasteiger partial charge in [0, 0.05) is 38.1 Å². The molecule has 0 radical (unpaired) electrons. The number of thioether (sulfide) groups is 1. The molecule has 4 aromatic rings. The van der Waals surface area contributed by atoms with Gasteiger partial charge in [0.15, 0.2) is 0 Å². The zero-order valence-electron chi connectivity index (χ0n) is 20.7. The lowest BCUT2D eigenvalue weighted by molar-refractivity contribution is -0.122. The number of para-hydroxylation sites is 1. The molecule has 3 aromatic heterocycles. The van der Waals surface area contributed by atoms with Crippen molar-refractivity contribution in [3.05, 3.63) is 99.2 Å². The smallest absolute Gasteiger partial charge is 0.267 e. The summed E-state index contributed by atoms with van der Waals surface area (Å²) in [5.41, 5.74) is 2.87. The summed E-state index contributed by atoms with van der Waals surface area (Å²) in [6, 6.07) is 17.7. The van der Waals surface area contributed by atoms with E-state index in [9.17, 15) is 9.59 Å².